The molecule has 0 aliphatic carbocycles. The average Bonchev–Trinajstić information content (AvgIpc) is 2.40. The number of rotatable bonds is 8. The molecule has 7 N–H and O–H groups in total. The number of hydrazine groups is 1. The molecule has 1 atom stereocenters. The van der Waals surface area contributed by atoms with Gasteiger partial charge in [0, 0.05) is 6.42 Å². The summed E-state index contributed by atoms with van der Waals surface area (Å²) in [6.07, 6.45) is -0.0190. The Morgan fingerprint density at radius 3 is 2.59 bits per heavy atom. The van der Waals surface area contributed by atoms with Gasteiger partial charge >= 0.3 is 13.8 Å². The van der Waals surface area contributed by atoms with E-state index in [0.29, 0.717) is 5.56 Å². The van der Waals surface area contributed by atoms with Crippen LogP contribution in [0.3, 0.4) is 0 Å². The molecule has 0 saturated carbocycles. The van der Waals surface area contributed by atoms with Gasteiger partial charge in [0.2, 0.25) is 6.79 Å². The number of phenols is 1. The van der Waals surface area contributed by atoms with Crippen molar-refractivity contribution in [3.05, 3.63) is 23.8 Å². The van der Waals surface area contributed by atoms with Crippen LogP contribution in [0.1, 0.15) is 12.5 Å². The highest BCUT2D eigenvalue weighted by Crippen LogP contribution is 2.36. The van der Waals surface area contributed by atoms with Crippen LogP contribution in [0, 0.1) is 0 Å². The van der Waals surface area contributed by atoms with Gasteiger partial charge in [-0.2, -0.15) is 0 Å². The Bertz CT molecular complexity index is 589. The molecule has 22 heavy (non-hydrogen) atoms. The largest absolute Gasteiger partial charge is 0.504 e. The van der Waals surface area contributed by atoms with Crippen LogP contribution in [0.25, 0.3) is 0 Å². The van der Waals surface area contributed by atoms with Crippen LogP contribution in [0.2, 0.25) is 0 Å². The Balaban J connectivity index is 2.85. The maximum absolute atomic E-state index is 11.2. The quantitative estimate of drug-likeness (QED) is 0.160. The second kappa shape index (κ2) is 7.05. The first-order valence-electron chi connectivity index (χ1n) is 5.93. The van der Waals surface area contributed by atoms with E-state index in [9.17, 15) is 14.5 Å². The fourth-order valence-electron chi connectivity index (χ4n) is 1.54. The molecule has 1 aromatic rings. The second-order valence-electron chi connectivity index (χ2n) is 4.64. The molecule has 124 valence electrons. The lowest BCUT2D eigenvalue weighted by Gasteiger charge is -2.24. The molecule has 0 spiro atoms. The Labute approximate surface area is 125 Å². The van der Waals surface area contributed by atoms with Crippen LogP contribution >= 0.6 is 7.82 Å². The third-order valence-corrected chi connectivity index (χ3v) is 3.25. The molecule has 0 aliphatic heterocycles. The smallest absolute Gasteiger partial charge is 0.472 e. The van der Waals surface area contributed by atoms with E-state index in [2.05, 4.69) is 9.95 Å². The summed E-state index contributed by atoms with van der Waals surface area (Å²) >= 11 is 0. The predicted octanol–water partition coefficient (Wildman–Crippen LogP) is -0.313. The third-order valence-electron chi connectivity index (χ3n) is 2.81. The molecule has 0 aromatic heterocycles. The van der Waals surface area contributed by atoms with Crippen LogP contribution in [0.5, 0.6) is 11.5 Å². The van der Waals surface area contributed by atoms with E-state index >= 15 is 0 Å². The standard InChI is InChI=1S/C11H17N2O8P/c1-11(13-12,10(15)16)5-7-2-3-8(14)9(4-7)20-6-21-22(17,18)19/h2-4,13-14H,5-6,12H2,1H3,(H,15,16)(H2,17,18,19)/t11-/m0/s1. The Kier molecular flexibility index (Phi) is 5.89. The van der Waals surface area contributed by atoms with E-state index in [1.165, 1.54) is 25.1 Å². The highest BCUT2D eigenvalue weighted by molar-refractivity contribution is 7.46. The van der Waals surface area contributed by atoms with Crippen molar-refractivity contribution in [3.8, 4) is 11.5 Å². The number of nitrogens with two attached hydrogens (primary N) is 1. The van der Waals surface area contributed by atoms with Gasteiger partial charge in [-0.1, -0.05) is 6.07 Å². The molecule has 0 amide bonds. The summed E-state index contributed by atoms with van der Waals surface area (Å²) in [5.41, 5.74) is 1.22. The summed E-state index contributed by atoms with van der Waals surface area (Å²) < 4.78 is 19.5. The van der Waals surface area contributed by atoms with Crippen molar-refractivity contribution in [1.82, 2.24) is 5.43 Å². The highest BCUT2D eigenvalue weighted by Gasteiger charge is 2.32. The summed E-state index contributed by atoms with van der Waals surface area (Å²) in [5.74, 6) is 3.65. The number of nitrogens with one attached hydrogen (secondary N) is 1. The molecule has 0 unspecified atom stereocenters. The first kappa shape index (κ1) is 18.4. The molecule has 0 saturated heterocycles. The molecule has 1 rings (SSSR count). The van der Waals surface area contributed by atoms with Crippen molar-refractivity contribution >= 4 is 13.8 Å². The van der Waals surface area contributed by atoms with Crippen LogP contribution in [-0.4, -0.2) is 38.3 Å². The number of carboxylic acid groups (broad SMARTS) is 1. The molecule has 0 aliphatic rings. The Morgan fingerprint density at radius 2 is 2.09 bits per heavy atom. The number of aliphatic carboxylic acids is 1. The SMILES string of the molecule is C[C@@](Cc1ccc(O)c(OCOP(=O)(O)O)c1)(NN)C(=O)O. The molecule has 1 aromatic carbocycles. The number of ether oxygens (including phenoxy) is 1. The molecule has 11 heteroatoms. The topological polar surface area (TPSA) is 172 Å². The zero-order chi connectivity index (χ0) is 17.0. The number of carboxylic acids is 1. The van der Waals surface area contributed by atoms with E-state index in [1.807, 2.05) is 0 Å². The molecule has 10 nitrogen and oxygen atoms in total. The minimum Gasteiger partial charge on any atom is -0.504 e. The number of benzene rings is 1. The van der Waals surface area contributed by atoms with Crippen molar-refractivity contribution in [2.75, 3.05) is 6.79 Å². The number of aromatic hydroxyl groups is 1. The van der Waals surface area contributed by atoms with E-state index < -0.39 is 26.1 Å². The number of phosphoric acid groups is 1. The number of hydrogen-bond donors (Lipinski definition) is 6. The zero-order valence-corrected chi connectivity index (χ0v) is 12.5. The Morgan fingerprint density at radius 1 is 1.45 bits per heavy atom. The molecular formula is C11H17N2O8P. The van der Waals surface area contributed by atoms with Gasteiger partial charge in [-0.25, -0.2) is 14.5 Å². The van der Waals surface area contributed by atoms with Gasteiger partial charge < -0.3 is 24.7 Å². The fourth-order valence-corrected chi connectivity index (χ4v) is 1.73. The van der Waals surface area contributed by atoms with Crippen LogP contribution in [-0.2, 0) is 20.3 Å². The molecule has 0 bridgehead atoms. The summed E-state index contributed by atoms with van der Waals surface area (Å²) in [4.78, 5) is 28.2. The lowest BCUT2D eigenvalue weighted by atomic mass is 9.93. The van der Waals surface area contributed by atoms with Crippen molar-refractivity contribution in [2.45, 2.75) is 18.9 Å². The zero-order valence-electron chi connectivity index (χ0n) is 11.6. The first-order valence-corrected chi connectivity index (χ1v) is 7.46. The predicted molar refractivity (Wildman–Crippen MR) is 73.8 cm³/mol. The van der Waals surface area contributed by atoms with Gasteiger partial charge in [-0.3, -0.25) is 10.6 Å². The van der Waals surface area contributed by atoms with E-state index in [0.717, 1.165) is 0 Å². The minimum absolute atomic E-state index is 0.0190. The highest BCUT2D eigenvalue weighted by atomic mass is 31.2. The fraction of sp³-hybridized carbons (Fsp3) is 0.364. The van der Waals surface area contributed by atoms with E-state index in [1.54, 1.807) is 0 Å². The molecule has 0 radical (unpaired) electrons. The molecule has 0 heterocycles. The number of phosphoric ester groups is 1. The lowest BCUT2D eigenvalue weighted by Crippen LogP contribution is -2.54. The van der Waals surface area contributed by atoms with E-state index in [-0.39, 0.29) is 17.9 Å². The average molecular weight is 336 g/mol. The van der Waals surface area contributed by atoms with Crippen LogP contribution in [0.4, 0.5) is 0 Å². The lowest BCUT2D eigenvalue weighted by molar-refractivity contribution is -0.144. The van der Waals surface area contributed by atoms with Crippen molar-refractivity contribution in [2.24, 2.45) is 5.84 Å². The normalized spacial score (nSPS) is 14.4. The summed E-state index contributed by atoms with van der Waals surface area (Å²) in [6, 6.07) is 4.03. The van der Waals surface area contributed by atoms with Gasteiger partial charge in [0.25, 0.3) is 0 Å². The first-order chi connectivity index (χ1) is 10.1. The van der Waals surface area contributed by atoms with Crippen LogP contribution in [0.15, 0.2) is 18.2 Å². The second-order valence-corrected chi connectivity index (χ2v) is 5.88. The minimum atomic E-state index is -4.69. The number of hydrogen-bond acceptors (Lipinski definition) is 7. The maximum atomic E-state index is 11.2. The van der Waals surface area contributed by atoms with Gasteiger partial charge in [-0.05, 0) is 24.6 Å². The van der Waals surface area contributed by atoms with Gasteiger partial charge in [0.15, 0.2) is 11.5 Å². The van der Waals surface area contributed by atoms with Gasteiger partial charge in [-0.15, -0.1) is 0 Å². The van der Waals surface area contributed by atoms with Gasteiger partial charge in [0.1, 0.15) is 5.54 Å². The van der Waals surface area contributed by atoms with Crippen LogP contribution < -0.4 is 16.0 Å². The molecular weight excluding hydrogens is 319 g/mol. The summed E-state index contributed by atoms with van der Waals surface area (Å²) in [5, 5.41) is 18.7. The molecule has 0 fully saturated rings. The van der Waals surface area contributed by atoms with Crippen molar-refractivity contribution in [3.63, 3.8) is 0 Å². The summed E-state index contributed by atoms with van der Waals surface area (Å²) in [6.45, 7) is 0.590. The van der Waals surface area contributed by atoms with Crippen molar-refractivity contribution < 1.29 is 38.6 Å². The Hall–Kier alpha value is -1.68. The van der Waals surface area contributed by atoms with Gasteiger partial charge in [0.05, 0.1) is 0 Å². The van der Waals surface area contributed by atoms with Crippen molar-refractivity contribution in [1.29, 1.82) is 0 Å². The number of phenolic OH excluding ortho intramolecular Hbond substituents is 1. The third kappa shape index (κ3) is 5.26. The maximum Gasteiger partial charge on any atom is 0.472 e. The van der Waals surface area contributed by atoms with E-state index in [4.69, 9.17) is 25.5 Å². The summed E-state index contributed by atoms with van der Waals surface area (Å²) in [7, 11) is -4.69. The number of carbonyl (C=O) groups is 1. The monoisotopic (exact) mass is 336 g/mol.